The minimum atomic E-state index is -2.36. The van der Waals surface area contributed by atoms with E-state index in [0.29, 0.717) is 0 Å². The average molecular weight is 285 g/mol. The predicted molar refractivity (Wildman–Crippen MR) is 73.3 cm³/mol. The molecule has 1 atom stereocenters. The maximum absolute atomic E-state index is 12.5. The van der Waals surface area contributed by atoms with Gasteiger partial charge in [-0.2, -0.15) is 0 Å². The Morgan fingerprint density at radius 3 is 2.60 bits per heavy atom. The largest absolute Gasteiger partial charge is 0.491 e. The third-order valence-electron chi connectivity index (χ3n) is 3.41. The van der Waals surface area contributed by atoms with E-state index in [0.717, 1.165) is 24.2 Å². The minimum Gasteiger partial charge on any atom is -0.491 e. The van der Waals surface area contributed by atoms with Crippen LogP contribution in [0.2, 0.25) is 0 Å². The van der Waals surface area contributed by atoms with Gasteiger partial charge in [-0.3, -0.25) is 4.90 Å². The molecule has 112 valence electrons. The van der Waals surface area contributed by atoms with Crippen LogP contribution in [-0.4, -0.2) is 48.3 Å². The summed E-state index contributed by atoms with van der Waals surface area (Å²) in [6.45, 7) is 2.01. The molecule has 1 fully saturated rings. The van der Waals surface area contributed by atoms with Gasteiger partial charge in [-0.15, -0.1) is 0 Å². The zero-order valence-corrected chi connectivity index (χ0v) is 11.6. The summed E-state index contributed by atoms with van der Waals surface area (Å²) in [5.41, 5.74) is 0.992. The summed E-state index contributed by atoms with van der Waals surface area (Å²) < 4.78 is 30.5. The molecular formula is C15H21F2NO2. The van der Waals surface area contributed by atoms with Crippen LogP contribution in [-0.2, 0) is 0 Å². The first kappa shape index (κ1) is 15.2. The van der Waals surface area contributed by atoms with Crippen molar-refractivity contribution in [2.45, 2.75) is 38.3 Å². The van der Waals surface area contributed by atoms with E-state index in [4.69, 9.17) is 4.74 Å². The number of halogens is 2. The van der Waals surface area contributed by atoms with Crippen molar-refractivity contribution in [1.82, 2.24) is 4.90 Å². The molecule has 0 heterocycles. The molecule has 1 aromatic rings. The van der Waals surface area contributed by atoms with E-state index in [2.05, 4.69) is 0 Å². The molecule has 0 amide bonds. The number of aliphatic hydroxyl groups is 1. The van der Waals surface area contributed by atoms with Crippen molar-refractivity contribution in [1.29, 1.82) is 0 Å². The third kappa shape index (κ3) is 4.72. The van der Waals surface area contributed by atoms with Gasteiger partial charge in [-0.05, 0) is 31.4 Å². The summed E-state index contributed by atoms with van der Waals surface area (Å²) >= 11 is 0. The fourth-order valence-corrected chi connectivity index (χ4v) is 2.22. The number of rotatable bonds is 8. The Hall–Kier alpha value is -1.20. The standard InChI is InChI=1S/C15H21F2NO2/c1-11-4-2-3-5-14(11)20-10-13(19)8-18(9-15(16)17)12-6-7-12/h2-5,12-13,15,19H,6-10H2,1H3. The molecule has 3 nitrogen and oxygen atoms in total. The Bertz CT molecular complexity index is 424. The Labute approximate surface area is 118 Å². The van der Waals surface area contributed by atoms with Crippen LogP contribution in [0, 0.1) is 6.92 Å². The quantitative estimate of drug-likeness (QED) is 0.796. The highest BCUT2D eigenvalue weighted by Gasteiger charge is 2.31. The predicted octanol–water partition coefficient (Wildman–Crippen LogP) is 2.46. The summed E-state index contributed by atoms with van der Waals surface area (Å²) in [5.74, 6) is 0.721. The minimum absolute atomic E-state index is 0.122. The monoisotopic (exact) mass is 285 g/mol. The number of para-hydroxylation sites is 1. The lowest BCUT2D eigenvalue weighted by atomic mass is 10.2. The summed E-state index contributed by atoms with van der Waals surface area (Å²) in [6.07, 6.45) is -1.23. The van der Waals surface area contributed by atoms with Gasteiger partial charge in [-0.1, -0.05) is 18.2 Å². The maximum atomic E-state index is 12.5. The maximum Gasteiger partial charge on any atom is 0.251 e. The van der Waals surface area contributed by atoms with Gasteiger partial charge in [0.05, 0.1) is 6.54 Å². The molecule has 0 aromatic heterocycles. The van der Waals surface area contributed by atoms with Crippen LogP contribution in [0.4, 0.5) is 8.78 Å². The van der Waals surface area contributed by atoms with Gasteiger partial charge in [0.25, 0.3) is 6.43 Å². The summed E-state index contributed by atoms with van der Waals surface area (Å²) in [4.78, 5) is 1.66. The first-order valence-corrected chi connectivity index (χ1v) is 6.95. The molecule has 1 aliphatic rings. The number of hydrogen-bond donors (Lipinski definition) is 1. The molecule has 2 rings (SSSR count). The van der Waals surface area contributed by atoms with Crippen molar-refractivity contribution in [3.8, 4) is 5.75 Å². The Balaban J connectivity index is 1.79. The second kappa shape index (κ2) is 6.99. The lowest BCUT2D eigenvalue weighted by Crippen LogP contribution is -2.39. The van der Waals surface area contributed by atoms with Crippen LogP contribution in [0.1, 0.15) is 18.4 Å². The van der Waals surface area contributed by atoms with Crippen LogP contribution in [0.15, 0.2) is 24.3 Å². The molecule has 1 N–H and O–H groups in total. The number of benzene rings is 1. The molecule has 0 aliphatic heterocycles. The van der Waals surface area contributed by atoms with E-state index in [1.54, 1.807) is 4.90 Å². The summed E-state index contributed by atoms with van der Waals surface area (Å²) in [6, 6.07) is 7.74. The van der Waals surface area contributed by atoms with E-state index in [-0.39, 0.29) is 25.7 Å². The van der Waals surface area contributed by atoms with Gasteiger partial charge in [0, 0.05) is 12.6 Å². The second-order valence-electron chi connectivity index (χ2n) is 5.31. The molecule has 0 saturated heterocycles. The fraction of sp³-hybridized carbons (Fsp3) is 0.600. The van der Waals surface area contributed by atoms with E-state index >= 15 is 0 Å². The fourth-order valence-electron chi connectivity index (χ4n) is 2.22. The number of aliphatic hydroxyl groups excluding tert-OH is 1. The molecule has 5 heteroatoms. The molecule has 0 radical (unpaired) electrons. The SMILES string of the molecule is Cc1ccccc1OCC(O)CN(CC(F)F)C1CC1. The Morgan fingerprint density at radius 2 is 2.00 bits per heavy atom. The number of ether oxygens (including phenoxy) is 1. The van der Waals surface area contributed by atoms with Gasteiger partial charge >= 0.3 is 0 Å². The Kier molecular flexibility index (Phi) is 5.31. The van der Waals surface area contributed by atoms with Gasteiger partial charge in [0.15, 0.2) is 0 Å². The van der Waals surface area contributed by atoms with Gasteiger partial charge in [0.2, 0.25) is 0 Å². The summed E-state index contributed by atoms with van der Waals surface area (Å²) in [5, 5.41) is 9.95. The first-order chi connectivity index (χ1) is 9.56. The number of hydrogen-bond acceptors (Lipinski definition) is 3. The molecule has 20 heavy (non-hydrogen) atoms. The average Bonchev–Trinajstić information content (AvgIpc) is 3.21. The lowest BCUT2D eigenvalue weighted by molar-refractivity contribution is 0.0326. The van der Waals surface area contributed by atoms with E-state index in [1.807, 2.05) is 31.2 Å². The molecule has 1 saturated carbocycles. The zero-order chi connectivity index (χ0) is 14.5. The Morgan fingerprint density at radius 1 is 1.30 bits per heavy atom. The molecule has 1 aromatic carbocycles. The lowest BCUT2D eigenvalue weighted by Gasteiger charge is -2.24. The highest BCUT2D eigenvalue weighted by atomic mass is 19.3. The first-order valence-electron chi connectivity index (χ1n) is 6.95. The molecule has 0 bridgehead atoms. The molecule has 1 aliphatic carbocycles. The van der Waals surface area contributed by atoms with Crippen molar-refractivity contribution in [2.75, 3.05) is 19.7 Å². The van der Waals surface area contributed by atoms with Crippen LogP contribution in [0.5, 0.6) is 5.75 Å². The molecule has 0 spiro atoms. The third-order valence-corrected chi connectivity index (χ3v) is 3.41. The highest BCUT2D eigenvalue weighted by molar-refractivity contribution is 5.31. The zero-order valence-electron chi connectivity index (χ0n) is 11.6. The number of nitrogens with zero attached hydrogens (tertiary/aromatic N) is 1. The van der Waals surface area contributed by atoms with Crippen molar-refractivity contribution in [3.05, 3.63) is 29.8 Å². The molecular weight excluding hydrogens is 264 g/mol. The molecule has 1 unspecified atom stereocenters. The highest BCUT2D eigenvalue weighted by Crippen LogP contribution is 2.27. The van der Waals surface area contributed by atoms with Crippen LogP contribution < -0.4 is 4.74 Å². The summed E-state index contributed by atoms with van der Waals surface area (Å²) in [7, 11) is 0. The normalized spacial score (nSPS) is 16.7. The van der Waals surface area contributed by atoms with E-state index in [1.165, 1.54) is 0 Å². The van der Waals surface area contributed by atoms with Gasteiger partial charge in [-0.25, -0.2) is 8.78 Å². The number of aryl methyl sites for hydroxylation is 1. The van der Waals surface area contributed by atoms with Crippen molar-refractivity contribution < 1.29 is 18.6 Å². The number of alkyl halides is 2. The smallest absolute Gasteiger partial charge is 0.251 e. The van der Waals surface area contributed by atoms with Crippen molar-refractivity contribution in [3.63, 3.8) is 0 Å². The van der Waals surface area contributed by atoms with E-state index < -0.39 is 12.5 Å². The van der Waals surface area contributed by atoms with Crippen molar-refractivity contribution >= 4 is 0 Å². The van der Waals surface area contributed by atoms with Crippen LogP contribution >= 0.6 is 0 Å². The topological polar surface area (TPSA) is 32.7 Å². The van der Waals surface area contributed by atoms with Gasteiger partial charge in [0.1, 0.15) is 18.5 Å². The van der Waals surface area contributed by atoms with Crippen molar-refractivity contribution in [2.24, 2.45) is 0 Å². The van der Waals surface area contributed by atoms with E-state index in [9.17, 15) is 13.9 Å². The van der Waals surface area contributed by atoms with Crippen LogP contribution in [0.3, 0.4) is 0 Å². The van der Waals surface area contributed by atoms with Gasteiger partial charge < -0.3 is 9.84 Å². The van der Waals surface area contributed by atoms with Crippen LogP contribution in [0.25, 0.3) is 0 Å². The second-order valence-corrected chi connectivity index (χ2v) is 5.31.